The Hall–Kier alpha value is -3.05. The number of H-pyrrole nitrogens is 1. The predicted octanol–water partition coefficient (Wildman–Crippen LogP) is 4.14. The van der Waals surface area contributed by atoms with Crippen LogP contribution in [0.25, 0.3) is 28.2 Å². The van der Waals surface area contributed by atoms with Gasteiger partial charge in [-0.25, -0.2) is 4.79 Å². The molecule has 0 aliphatic rings. The smallest absolute Gasteiger partial charge is 0.330 e. The molecule has 134 valence electrons. The van der Waals surface area contributed by atoms with Gasteiger partial charge in [0.05, 0.1) is 30.6 Å². The van der Waals surface area contributed by atoms with E-state index in [1.54, 1.807) is 6.08 Å². The van der Waals surface area contributed by atoms with E-state index in [0.717, 1.165) is 33.3 Å². The second kappa shape index (κ2) is 7.89. The number of carbonyl (C=O) groups excluding carboxylic acids is 1. The number of anilines is 1. The van der Waals surface area contributed by atoms with Gasteiger partial charge in [-0.2, -0.15) is 0 Å². The van der Waals surface area contributed by atoms with E-state index in [2.05, 4.69) is 4.98 Å². The fourth-order valence-corrected chi connectivity index (χ4v) is 2.93. The zero-order chi connectivity index (χ0) is 18.5. The van der Waals surface area contributed by atoms with Crippen LogP contribution < -0.4 is 5.73 Å². The monoisotopic (exact) mass is 350 g/mol. The highest BCUT2D eigenvalue weighted by atomic mass is 16.5. The average molecular weight is 350 g/mol. The molecule has 26 heavy (non-hydrogen) atoms. The molecule has 0 saturated carbocycles. The summed E-state index contributed by atoms with van der Waals surface area (Å²) in [5.41, 5.74) is 11.6. The number of methoxy groups -OCH3 is 1. The van der Waals surface area contributed by atoms with Crippen molar-refractivity contribution in [2.45, 2.75) is 13.5 Å². The number of aromatic nitrogens is 1. The maximum Gasteiger partial charge on any atom is 0.330 e. The lowest BCUT2D eigenvalue weighted by Crippen LogP contribution is -1.95. The molecule has 2 aromatic carbocycles. The van der Waals surface area contributed by atoms with Crippen LogP contribution in [0.5, 0.6) is 0 Å². The summed E-state index contributed by atoms with van der Waals surface area (Å²) < 4.78 is 10.2. The van der Waals surface area contributed by atoms with Crippen LogP contribution in [0.1, 0.15) is 18.1 Å². The molecule has 0 amide bonds. The van der Waals surface area contributed by atoms with Crippen LogP contribution in [0, 0.1) is 0 Å². The molecular weight excluding hydrogens is 328 g/mol. The van der Waals surface area contributed by atoms with Crippen LogP contribution in [0.2, 0.25) is 0 Å². The molecule has 0 atom stereocenters. The van der Waals surface area contributed by atoms with Gasteiger partial charge in [0.2, 0.25) is 0 Å². The Bertz CT molecular complexity index is 943. The van der Waals surface area contributed by atoms with Crippen LogP contribution >= 0.6 is 0 Å². The van der Waals surface area contributed by atoms with E-state index < -0.39 is 5.97 Å². The Balaban J connectivity index is 2.20. The first-order valence-corrected chi connectivity index (χ1v) is 8.47. The van der Waals surface area contributed by atoms with Gasteiger partial charge in [0, 0.05) is 23.6 Å². The molecule has 0 saturated heterocycles. The van der Waals surface area contributed by atoms with Crippen molar-refractivity contribution in [1.82, 2.24) is 4.98 Å². The van der Waals surface area contributed by atoms with E-state index in [-0.39, 0.29) is 0 Å². The number of nitrogen functional groups attached to an aromatic ring is 1. The minimum absolute atomic E-state index is 0.406. The number of rotatable bonds is 6. The van der Waals surface area contributed by atoms with Gasteiger partial charge in [-0.3, -0.25) is 0 Å². The number of esters is 1. The van der Waals surface area contributed by atoms with Gasteiger partial charge in [-0.15, -0.1) is 0 Å². The number of nitrogens with one attached hydrogen (secondary N) is 1. The van der Waals surface area contributed by atoms with E-state index >= 15 is 0 Å². The third-order valence-corrected chi connectivity index (χ3v) is 4.16. The Morgan fingerprint density at radius 3 is 2.69 bits per heavy atom. The number of hydrogen-bond donors (Lipinski definition) is 2. The summed E-state index contributed by atoms with van der Waals surface area (Å²) >= 11 is 0. The quantitative estimate of drug-likeness (QED) is 0.398. The fourth-order valence-electron chi connectivity index (χ4n) is 2.93. The predicted molar refractivity (Wildman–Crippen MR) is 105 cm³/mol. The summed E-state index contributed by atoms with van der Waals surface area (Å²) in [6, 6.07) is 13.9. The van der Waals surface area contributed by atoms with Gasteiger partial charge >= 0.3 is 5.97 Å². The number of hydrogen-bond acceptors (Lipinski definition) is 4. The molecule has 0 bridgehead atoms. The molecule has 3 N–H and O–H groups in total. The first-order valence-electron chi connectivity index (χ1n) is 8.47. The minimum Gasteiger partial charge on any atom is -0.466 e. The molecule has 0 unspecified atom stereocenters. The van der Waals surface area contributed by atoms with Crippen molar-refractivity contribution in [3.63, 3.8) is 0 Å². The van der Waals surface area contributed by atoms with Crippen LogP contribution in [0.3, 0.4) is 0 Å². The minimum atomic E-state index is -0.406. The molecule has 0 fully saturated rings. The lowest BCUT2D eigenvalue weighted by molar-refractivity contribution is -0.134. The van der Waals surface area contributed by atoms with Crippen LogP contribution in [0.4, 0.5) is 5.69 Å². The van der Waals surface area contributed by atoms with Gasteiger partial charge in [-0.1, -0.05) is 30.3 Å². The number of ether oxygens (including phenoxy) is 2. The zero-order valence-corrected chi connectivity index (χ0v) is 14.9. The maximum atomic E-state index is 11.6. The number of carbonyl (C=O) groups is 1. The van der Waals surface area contributed by atoms with Crippen molar-refractivity contribution in [3.8, 4) is 11.3 Å². The highest BCUT2D eigenvalue weighted by molar-refractivity contribution is 6.04. The van der Waals surface area contributed by atoms with Crippen LogP contribution in [-0.2, 0) is 20.9 Å². The Morgan fingerprint density at radius 2 is 2.00 bits per heavy atom. The standard InChI is InChI=1S/C21H22N2O3/c1-3-26-13-14-11-17-16(9-10-19(24)25-2)20(15-7-5-4-6-8-15)23-21(17)18(22)12-14/h4-12,23H,3,13,22H2,1-2H3/b10-9+. The average Bonchev–Trinajstić information content (AvgIpc) is 3.04. The maximum absolute atomic E-state index is 11.6. The van der Waals surface area contributed by atoms with Crippen LogP contribution in [0.15, 0.2) is 48.5 Å². The largest absolute Gasteiger partial charge is 0.466 e. The van der Waals surface area contributed by atoms with Gasteiger partial charge in [0.15, 0.2) is 0 Å². The number of nitrogens with two attached hydrogens (primary N) is 1. The summed E-state index contributed by atoms with van der Waals surface area (Å²) in [7, 11) is 1.36. The van der Waals surface area contributed by atoms with Crippen molar-refractivity contribution in [2.75, 3.05) is 19.5 Å². The molecule has 0 aliphatic heterocycles. The summed E-state index contributed by atoms with van der Waals surface area (Å²) in [4.78, 5) is 15.0. The lowest BCUT2D eigenvalue weighted by atomic mass is 10.0. The molecular formula is C21H22N2O3. The van der Waals surface area contributed by atoms with E-state index in [9.17, 15) is 4.79 Å². The first kappa shape index (κ1) is 17.8. The summed E-state index contributed by atoms with van der Waals surface area (Å²) in [6.07, 6.45) is 3.18. The third kappa shape index (κ3) is 3.63. The number of aromatic amines is 1. The van der Waals surface area contributed by atoms with E-state index in [4.69, 9.17) is 15.2 Å². The Kier molecular flexibility index (Phi) is 5.39. The molecule has 0 radical (unpaired) electrons. The Morgan fingerprint density at radius 1 is 1.23 bits per heavy atom. The van der Waals surface area contributed by atoms with E-state index in [1.165, 1.54) is 13.2 Å². The SMILES string of the molecule is CCOCc1cc(N)c2[nH]c(-c3ccccc3)c(/C=C/C(=O)OC)c2c1. The summed E-state index contributed by atoms with van der Waals surface area (Å²) in [5.74, 6) is -0.406. The molecule has 5 nitrogen and oxygen atoms in total. The van der Waals surface area contributed by atoms with Crippen LogP contribution in [-0.4, -0.2) is 24.7 Å². The Labute approximate surface area is 152 Å². The van der Waals surface area contributed by atoms with Crippen molar-refractivity contribution < 1.29 is 14.3 Å². The number of benzene rings is 2. The molecule has 1 heterocycles. The van der Waals surface area contributed by atoms with Crippen molar-refractivity contribution in [1.29, 1.82) is 0 Å². The molecule has 0 aliphatic carbocycles. The zero-order valence-electron chi connectivity index (χ0n) is 14.9. The van der Waals surface area contributed by atoms with Crippen molar-refractivity contribution >= 4 is 28.6 Å². The molecule has 3 aromatic rings. The van der Waals surface area contributed by atoms with Crippen molar-refractivity contribution in [3.05, 3.63) is 59.7 Å². The molecule has 1 aromatic heterocycles. The molecule has 3 rings (SSSR count). The highest BCUT2D eigenvalue weighted by Gasteiger charge is 2.14. The highest BCUT2D eigenvalue weighted by Crippen LogP contribution is 2.35. The van der Waals surface area contributed by atoms with E-state index in [1.807, 2.05) is 49.4 Å². The van der Waals surface area contributed by atoms with Gasteiger partial charge in [0.1, 0.15) is 0 Å². The summed E-state index contributed by atoms with van der Waals surface area (Å²) in [6.45, 7) is 3.08. The van der Waals surface area contributed by atoms with Gasteiger partial charge < -0.3 is 20.2 Å². The molecule has 0 spiro atoms. The third-order valence-electron chi connectivity index (χ3n) is 4.16. The normalized spacial score (nSPS) is 11.3. The summed E-state index contributed by atoms with van der Waals surface area (Å²) in [5, 5.41) is 0.943. The lowest BCUT2D eigenvalue weighted by Gasteiger charge is -2.05. The molecule has 5 heteroatoms. The second-order valence-electron chi connectivity index (χ2n) is 5.88. The van der Waals surface area contributed by atoms with Gasteiger partial charge in [0.25, 0.3) is 0 Å². The number of fused-ring (bicyclic) bond motifs is 1. The van der Waals surface area contributed by atoms with Crippen molar-refractivity contribution in [2.24, 2.45) is 0 Å². The topological polar surface area (TPSA) is 77.3 Å². The van der Waals surface area contributed by atoms with Gasteiger partial charge in [-0.05, 0) is 36.3 Å². The fraction of sp³-hybridized carbons (Fsp3) is 0.190. The first-order chi connectivity index (χ1) is 12.6. The second-order valence-corrected chi connectivity index (χ2v) is 5.88. The van der Waals surface area contributed by atoms with E-state index in [0.29, 0.717) is 18.9 Å².